The number of rotatable bonds is 6. The van der Waals surface area contributed by atoms with Crippen LogP contribution in [0.1, 0.15) is 65.7 Å². The quantitative estimate of drug-likeness (QED) is 0.713. The maximum absolute atomic E-state index is 3.55. The molecule has 0 aromatic rings. The van der Waals surface area contributed by atoms with E-state index in [1.807, 2.05) is 0 Å². The van der Waals surface area contributed by atoms with Gasteiger partial charge in [0, 0.05) is 6.04 Å². The minimum absolute atomic E-state index is 0.795. The predicted molar refractivity (Wildman–Crippen MR) is 72.7 cm³/mol. The summed E-state index contributed by atoms with van der Waals surface area (Å²) in [7, 11) is 2.15. The fourth-order valence-corrected chi connectivity index (χ4v) is 3.42. The molecule has 0 bridgehead atoms. The van der Waals surface area contributed by atoms with E-state index in [2.05, 4.69) is 33.1 Å². The summed E-state index contributed by atoms with van der Waals surface area (Å²) in [6, 6.07) is 0.795. The highest BCUT2D eigenvalue weighted by atomic mass is 14.9. The van der Waals surface area contributed by atoms with Crippen molar-refractivity contribution >= 4 is 0 Å². The van der Waals surface area contributed by atoms with E-state index in [4.69, 9.17) is 0 Å². The lowest BCUT2D eigenvalue weighted by Crippen LogP contribution is -2.39. The van der Waals surface area contributed by atoms with Gasteiger partial charge in [-0.2, -0.15) is 0 Å². The summed E-state index contributed by atoms with van der Waals surface area (Å²) < 4.78 is 0. The molecule has 1 heteroatoms. The highest BCUT2D eigenvalue weighted by Gasteiger charge is 2.29. The van der Waals surface area contributed by atoms with Gasteiger partial charge in [-0.1, -0.05) is 40.0 Å². The first-order valence-corrected chi connectivity index (χ1v) is 7.42. The van der Waals surface area contributed by atoms with Crippen LogP contribution >= 0.6 is 0 Å². The third kappa shape index (κ3) is 3.76. The summed E-state index contributed by atoms with van der Waals surface area (Å²) in [5.41, 5.74) is 0. The van der Waals surface area contributed by atoms with E-state index in [0.29, 0.717) is 0 Å². The highest BCUT2D eigenvalue weighted by molar-refractivity contribution is 4.84. The molecule has 1 fully saturated rings. The average Bonchev–Trinajstić information content (AvgIpc) is 2.35. The normalized spacial score (nSPS) is 30.9. The molecule has 1 aliphatic rings. The predicted octanol–water partition coefficient (Wildman–Crippen LogP) is 4.23. The first kappa shape index (κ1) is 14.0. The van der Waals surface area contributed by atoms with Crippen LogP contribution in [0.3, 0.4) is 0 Å². The molecular formula is C15H31N. The molecule has 1 rings (SSSR count). The fraction of sp³-hybridized carbons (Fsp3) is 1.00. The van der Waals surface area contributed by atoms with Gasteiger partial charge in [0.25, 0.3) is 0 Å². The zero-order valence-electron chi connectivity index (χ0n) is 11.8. The van der Waals surface area contributed by atoms with Crippen molar-refractivity contribution in [2.75, 3.05) is 7.05 Å². The third-order valence-electron chi connectivity index (χ3n) is 4.83. The van der Waals surface area contributed by atoms with E-state index >= 15 is 0 Å². The van der Waals surface area contributed by atoms with Gasteiger partial charge >= 0.3 is 0 Å². The Balaban J connectivity index is 2.50. The Labute approximate surface area is 102 Å². The number of nitrogens with one attached hydrogen (secondary N) is 1. The third-order valence-corrected chi connectivity index (χ3v) is 4.83. The van der Waals surface area contributed by atoms with Crippen LogP contribution in [0.25, 0.3) is 0 Å². The molecule has 0 aliphatic heterocycles. The minimum atomic E-state index is 0.795. The molecule has 0 radical (unpaired) electrons. The average molecular weight is 225 g/mol. The van der Waals surface area contributed by atoms with E-state index in [1.54, 1.807) is 0 Å². The largest absolute Gasteiger partial charge is 0.317 e. The maximum Gasteiger partial charge on any atom is 0.00926 e. The van der Waals surface area contributed by atoms with E-state index in [-0.39, 0.29) is 0 Å². The summed E-state index contributed by atoms with van der Waals surface area (Å²) >= 11 is 0. The van der Waals surface area contributed by atoms with E-state index < -0.39 is 0 Å². The van der Waals surface area contributed by atoms with Gasteiger partial charge < -0.3 is 5.32 Å². The monoisotopic (exact) mass is 225 g/mol. The summed E-state index contributed by atoms with van der Waals surface area (Å²) in [6.07, 6.45) is 9.88. The van der Waals surface area contributed by atoms with Crippen molar-refractivity contribution in [3.05, 3.63) is 0 Å². The zero-order chi connectivity index (χ0) is 12.0. The molecule has 3 atom stereocenters. The molecule has 0 heterocycles. The Morgan fingerprint density at radius 1 is 1.12 bits per heavy atom. The molecule has 1 N–H and O–H groups in total. The molecule has 0 spiro atoms. The van der Waals surface area contributed by atoms with Crippen molar-refractivity contribution in [1.82, 2.24) is 5.32 Å². The highest BCUT2D eigenvalue weighted by Crippen LogP contribution is 2.36. The first-order chi connectivity index (χ1) is 7.74. The standard InChI is InChI=1S/C15H31N/c1-5-12(6-2)10-14-11-13(7-3)8-9-15(14)16-4/h12-16H,5-11H2,1-4H3. The second-order valence-corrected chi connectivity index (χ2v) is 5.66. The second-order valence-electron chi connectivity index (χ2n) is 5.66. The van der Waals surface area contributed by atoms with Crippen molar-refractivity contribution in [3.63, 3.8) is 0 Å². The Morgan fingerprint density at radius 2 is 1.81 bits per heavy atom. The van der Waals surface area contributed by atoms with Crippen molar-refractivity contribution in [2.45, 2.75) is 71.8 Å². The number of hydrogen-bond donors (Lipinski definition) is 1. The van der Waals surface area contributed by atoms with Crippen LogP contribution in [-0.4, -0.2) is 13.1 Å². The second kappa shape index (κ2) is 7.32. The van der Waals surface area contributed by atoms with Gasteiger partial charge in [-0.05, 0) is 50.5 Å². The van der Waals surface area contributed by atoms with Gasteiger partial charge in [-0.3, -0.25) is 0 Å². The Morgan fingerprint density at radius 3 is 2.31 bits per heavy atom. The van der Waals surface area contributed by atoms with Crippen LogP contribution in [0.15, 0.2) is 0 Å². The first-order valence-electron chi connectivity index (χ1n) is 7.42. The lowest BCUT2D eigenvalue weighted by Gasteiger charge is -2.37. The molecule has 0 amide bonds. The van der Waals surface area contributed by atoms with Crippen molar-refractivity contribution in [2.24, 2.45) is 17.8 Å². The van der Waals surface area contributed by atoms with Gasteiger partial charge in [0.2, 0.25) is 0 Å². The lowest BCUT2D eigenvalue weighted by atomic mass is 9.73. The number of hydrogen-bond acceptors (Lipinski definition) is 1. The molecule has 0 saturated heterocycles. The molecule has 0 aromatic carbocycles. The zero-order valence-corrected chi connectivity index (χ0v) is 11.8. The van der Waals surface area contributed by atoms with Crippen molar-refractivity contribution < 1.29 is 0 Å². The lowest BCUT2D eigenvalue weighted by molar-refractivity contribution is 0.172. The summed E-state index contributed by atoms with van der Waals surface area (Å²) in [5.74, 6) is 2.90. The van der Waals surface area contributed by atoms with Gasteiger partial charge in [-0.25, -0.2) is 0 Å². The smallest absolute Gasteiger partial charge is 0.00926 e. The molecule has 3 unspecified atom stereocenters. The van der Waals surface area contributed by atoms with Gasteiger partial charge in [0.15, 0.2) is 0 Å². The molecule has 96 valence electrons. The SMILES string of the molecule is CCC(CC)CC1CC(CC)CCC1NC. The van der Waals surface area contributed by atoms with Gasteiger partial charge in [0.05, 0.1) is 0 Å². The fourth-order valence-electron chi connectivity index (χ4n) is 3.42. The van der Waals surface area contributed by atoms with E-state index in [0.717, 1.165) is 23.8 Å². The summed E-state index contributed by atoms with van der Waals surface area (Å²) in [4.78, 5) is 0. The van der Waals surface area contributed by atoms with Crippen LogP contribution in [0, 0.1) is 17.8 Å². The molecule has 1 nitrogen and oxygen atoms in total. The molecule has 1 saturated carbocycles. The maximum atomic E-state index is 3.55. The topological polar surface area (TPSA) is 12.0 Å². The van der Waals surface area contributed by atoms with Gasteiger partial charge in [-0.15, -0.1) is 0 Å². The van der Waals surface area contributed by atoms with E-state index in [9.17, 15) is 0 Å². The van der Waals surface area contributed by atoms with Crippen molar-refractivity contribution in [3.8, 4) is 0 Å². The van der Waals surface area contributed by atoms with E-state index in [1.165, 1.54) is 44.9 Å². The van der Waals surface area contributed by atoms with Crippen LogP contribution in [-0.2, 0) is 0 Å². The molecule has 16 heavy (non-hydrogen) atoms. The summed E-state index contributed by atoms with van der Waals surface area (Å²) in [5, 5.41) is 3.55. The Hall–Kier alpha value is -0.0400. The van der Waals surface area contributed by atoms with Crippen LogP contribution in [0.4, 0.5) is 0 Å². The van der Waals surface area contributed by atoms with Crippen LogP contribution < -0.4 is 5.32 Å². The molecule has 1 aliphatic carbocycles. The van der Waals surface area contributed by atoms with Crippen molar-refractivity contribution in [1.29, 1.82) is 0 Å². The Kier molecular flexibility index (Phi) is 6.41. The van der Waals surface area contributed by atoms with Crippen LogP contribution in [0.5, 0.6) is 0 Å². The van der Waals surface area contributed by atoms with Crippen LogP contribution in [0.2, 0.25) is 0 Å². The minimum Gasteiger partial charge on any atom is -0.317 e. The molecular weight excluding hydrogens is 194 g/mol. The molecule has 0 aromatic heterocycles. The Bertz CT molecular complexity index is 174. The van der Waals surface area contributed by atoms with Gasteiger partial charge in [0.1, 0.15) is 0 Å². The summed E-state index contributed by atoms with van der Waals surface area (Å²) in [6.45, 7) is 7.06.